The highest BCUT2D eigenvalue weighted by molar-refractivity contribution is 6.43. The van der Waals surface area contributed by atoms with E-state index in [2.05, 4.69) is 10.2 Å². The molecule has 2 aliphatic heterocycles. The van der Waals surface area contributed by atoms with Gasteiger partial charge in [0, 0.05) is 65.3 Å². The number of nitrogens with zero attached hydrogens (tertiary/aromatic N) is 3. The van der Waals surface area contributed by atoms with Crippen LogP contribution in [0.15, 0.2) is 18.2 Å². The molecule has 0 atom stereocenters. The number of halogens is 3. The van der Waals surface area contributed by atoms with Crippen molar-refractivity contribution >= 4 is 47.4 Å². The van der Waals surface area contributed by atoms with E-state index in [0.717, 1.165) is 45.8 Å². The van der Waals surface area contributed by atoms with E-state index in [4.69, 9.17) is 23.2 Å². The summed E-state index contributed by atoms with van der Waals surface area (Å²) in [5, 5.41) is 3.95. The zero-order valence-electron chi connectivity index (χ0n) is 15.1. The third-order valence-corrected chi connectivity index (χ3v) is 5.77. The molecule has 0 spiro atoms. The summed E-state index contributed by atoms with van der Waals surface area (Å²) in [4.78, 5) is 30.9. The molecule has 27 heavy (non-hydrogen) atoms. The Kier molecular flexibility index (Phi) is 8.63. The van der Waals surface area contributed by atoms with Crippen molar-refractivity contribution < 1.29 is 9.59 Å². The molecule has 2 fully saturated rings. The normalized spacial score (nSPS) is 18.1. The molecular weight excluding hydrogens is 411 g/mol. The number of nitrogens with one attached hydrogen (secondary N) is 1. The first kappa shape index (κ1) is 22.2. The molecule has 2 amide bonds. The third kappa shape index (κ3) is 5.72. The average molecular weight is 436 g/mol. The first-order chi connectivity index (χ1) is 12.6. The summed E-state index contributed by atoms with van der Waals surface area (Å²) in [5.41, 5.74) is 0.446. The summed E-state index contributed by atoms with van der Waals surface area (Å²) in [7, 11) is 0. The van der Waals surface area contributed by atoms with E-state index in [9.17, 15) is 9.59 Å². The quantitative estimate of drug-likeness (QED) is 0.786. The highest BCUT2D eigenvalue weighted by Crippen LogP contribution is 2.26. The van der Waals surface area contributed by atoms with Gasteiger partial charge in [-0.3, -0.25) is 14.5 Å². The van der Waals surface area contributed by atoms with Crippen molar-refractivity contribution in [3.8, 4) is 0 Å². The monoisotopic (exact) mass is 434 g/mol. The van der Waals surface area contributed by atoms with E-state index in [-0.39, 0.29) is 24.2 Å². The molecule has 9 heteroatoms. The van der Waals surface area contributed by atoms with Gasteiger partial charge in [0.2, 0.25) is 5.91 Å². The Bertz CT molecular complexity index is 660. The van der Waals surface area contributed by atoms with Crippen LogP contribution in [0.2, 0.25) is 10.0 Å². The molecule has 150 valence electrons. The van der Waals surface area contributed by atoms with Crippen LogP contribution in [-0.2, 0) is 4.79 Å². The second kappa shape index (κ2) is 10.5. The minimum Gasteiger partial charge on any atom is -0.340 e. The molecule has 0 saturated carbocycles. The second-order valence-electron chi connectivity index (χ2n) is 6.62. The lowest BCUT2D eigenvalue weighted by Crippen LogP contribution is -2.50. The number of amides is 2. The molecule has 0 aromatic heterocycles. The third-order valence-electron chi connectivity index (χ3n) is 4.95. The van der Waals surface area contributed by atoms with E-state index >= 15 is 0 Å². The molecule has 0 aliphatic carbocycles. The number of carbonyl (C=O) groups excluding carboxylic acids is 2. The number of piperazine rings is 2. The summed E-state index contributed by atoms with van der Waals surface area (Å²) in [6, 6.07) is 5.11. The fraction of sp³-hybridized carbons (Fsp3) is 0.556. The smallest absolute Gasteiger partial charge is 0.255 e. The Balaban J connectivity index is 0.00000261. The molecule has 1 N–H and O–H groups in total. The lowest BCUT2D eigenvalue weighted by Gasteiger charge is -2.35. The summed E-state index contributed by atoms with van der Waals surface area (Å²) >= 11 is 12.2. The highest BCUT2D eigenvalue weighted by Gasteiger charge is 2.25. The number of hydrogen-bond acceptors (Lipinski definition) is 4. The predicted octanol–water partition coefficient (Wildman–Crippen LogP) is 1.99. The van der Waals surface area contributed by atoms with Crippen LogP contribution in [0.3, 0.4) is 0 Å². The number of benzene rings is 1. The Labute approximate surface area is 176 Å². The Morgan fingerprint density at radius 2 is 1.63 bits per heavy atom. The van der Waals surface area contributed by atoms with Crippen molar-refractivity contribution in [3.63, 3.8) is 0 Å². The van der Waals surface area contributed by atoms with Crippen LogP contribution in [-0.4, -0.2) is 85.4 Å². The van der Waals surface area contributed by atoms with Crippen LogP contribution in [0, 0.1) is 0 Å². The van der Waals surface area contributed by atoms with Crippen LogP contribution < -0.4 is 5.32 Å². The minimum absolute atomic E-state index is 0. The molecule has 0 unspecified atom stereocenters. The zero-order valence-corrected chi connectivity index (χ0v) is 17.5. The highest BCUT2D eigenvalue weighted by atomic mass is 35.5. The average Bonchev–Trinajstić information content (AvgIpc) is 2.69. The van der Waals surface area contributed by atoms with Crippen molar-refractivity contribution in [1.29, 1.82) is 0 Å². The van der Waals surface area contributed by atoms with Gasteiger partial charge in [0.05, 0.1) is 15.6 Å². The fourth-order valence-corrected chi connectivity index (χ4v) is 3.72. The first-order valence-corrected chi connectivity index (χ1v) is 9.76. The Hall–Kier alpha value is -1.05. The Morgan fingerprint density at radius 1 is 0.963 bits per heavy atom. The topological polar surface area (TPSA) is 55.9 Å². The van der Waals surface area contributed by atoms with Gasteiger partial charge >= 0.3 is 0 Å². The molecule has 2 saturated heterocycles. The number of carbonyl (C=O) groups is 2. The van der Waals surface area contributed by atoms with Crippen molar-refractivity contribution in [1.82, 2.24) is 20.0 Å². The minimum atomic E-state index is -0.0888. The van der Waals surface area contributed by atoms with Crippen molar-refractivity contribution in [2.75, 3.05) is 58.9 Å². The molecule has 6 nitrogen and oxygen atoms in total. The van der Waals surface area contributed by atoms with Crippen LogP contribution in [0.25, 0.3) is 0 Å². The molecule has 2 heterocycles. The van der Waals surface area contributed by atoms with Crippen molar-refractivity contribution in [3.05, 3.63) is 33.8 Å². The molecule has 2 aliphatic rings. The number of hydrogen-bond donors (Lipinski definition) is 1. The van der Waals surface area contributed by atoms with E-state index < -0.39 is 0 Å². The molecule has 1 aromatic rings. The van der Waals surface area contributed by atoms with Gasteiger partial charge in [-0.15, -0.1) is 12.4 Å². The summed E-state index contributed by atoms with van der Waals surface area (Å²) in [6.07, 6.45) is 0.536. The Morgan fingerprint density at radius 3 is 2.30 bits per heavy atom. The lowest BCUT2D eigenvalue weighted by molar-refractivity contribution is -0.132. The van der Waals surface area contributed by atoms with Gasteiger partial charge < -0.3 is 15.1 Å². The van der Waals surface area contributed by atoms with Gasteiger partial charge in [0.1, 0.15) is 0 Å². The molecular formula is C18H25Cl3N4O2. The van der Waals surface area contributed by atoms with Gasteiger partial charge in [0.25, 0.3) is 5.91 Å². The SMILES string of the molecule is Cl.O=C(CCN1CCN(C(=O)c2cccc(Cl)c2Cl)CC1)N1CCNCC1. The molecule has 0 bridgehead atoms. The largest absolute Gasteiger partial charge is 0.340 e. The van der Waals surface area contributed by atoms with Crippen LogP contribution in [0.5, 0.6) is 0 Å². The van der Waals surface area contributed by atoms with Crippen molar-refractivity contribution in [2.45, 2.75) is 6.42 Å². The summed E-state index contributed by atoms with van der Waals surface area (Å²) < 4.78 is 0. The van der Waals surface area contributed by atoms with Gasteiger partial charge in [-0.05, 0) is 12.1 Å². The summed E-state index contributed by atoms with van der Waals surface area (Å²) in [5.74, 6) is 0.129. The second-order valence-corrected chi connectivity index (χ2v) is 7.40. The van der Waals surface area contributed by atoms with Crippen LogP contribution in [0.4, 0.5) is 0 Å². The fourth-order valence-electron chi connectivity index (χ4n) is 3.34. The van der Waals surface area contributed by atoms with E-state index in [1.165, 1.54) is 0 Å². The van der Waals surface area contributed by atoms with Crippen LogP contribution in [0.1, 0.15) is 16.8 Å². The van der Waals surface area contributed by atoms with Gasteiger partial charge in [-0.25, -0.2) is 0 Å². The lowest BCUT2D eigenvalue weighted by atomic mass is 10.1. The van der Waals surface area contributed by atoms with Gasteiger partial charge in [-0.2, -0.15) is 0 Å². The first-order valence-electron chi connectivity index (χ1n) is 9.00. The maximum Gasteiger partial charge on any atom is 0.255 e. The van der Waals surface area contributed by atoms with Crippen molar-refractivity contribution in [2.24, 2.45) is 0 Å². The number of rotatable bonds is 4. The maximum absolute atomic E-state index is 12.6. The molecule has 3 rings (SSSR count). The maximum atomic E-state index is 12.6. The summed E-state index contributed by atoms with van der Waals surface area (Å²) in [6.45, 7) is 6.85. The predicted molar refractivity (Wildman–Crippen MR) is 110 cm³/mol. The standard InChI is InChI=1S/C18H24Cl2N4O2.ClH/c19-15-3-1-2-14(17(15)20)18(26)24-12-10-22(11-13-24)7-4-16(25)23-8-5-21-6-9-23;/h1-3,21H,4-13H2;1H. The van der Waals surface area contributed by atoms with E-state index in [0.29, 0.717) is 35.1 Å². The van der Waals surface area contributed by atoms with Gasteiger partial charge in [0.15, 0.2) is 0 Å². The van der Waals surface area contributed by atoms with Crippen LogP contribution >= 0.6 is 35.6 Å². The molecule has 0 radical (unpaired) electrons. The van der Waals surface area contributed by atoms with E-state index in [1.807, 2.05) is 4.90 Å². The van der Waals surface area contributed by atoms with E-state index in [1.54, 1.807) is 23.1 Å². The zero-order chi connectivity index (χ0) is 18.5. The van der Waals surface area contributed by atoms with Gasteiger partial charge in [-0.1, -0.05) is 29.3 Å². The molecule has 1 aromatic carbocycles.